The van der Waals surface area contributed by atoms with E-state index in [1.54, 1.807) is 134 Å². The molecule has 0 N–H and O–H groups in total. The average Bonchev–Trinajstić information content (AvgIpc) is 0.427. The minimum atomic E-state index is -0.729. The molecule has 560 valence electrons. The molecule has 11 aromatic rings. The van der Waals surface area contributed by atoms with Crippen LogP contribution in [0.4, 0.5) is 38.5 Å². The van der Waals surface area contributed by atoms with Gasteiger partial charge in [0, 0.05) is 118 Å². The highest BCUT2D eigenvalue weighted by Crippen LogP contribution is 2.39. The van der Waals surface area contributed by atoms with E-state index < -0.39 is 54.3 Å². The molecule has 0 aliphatic carbocycles. The Bertz CT molecular complexity index is 5500. The van der Waals surface area contributed by atoms with Crippen LogP contribution in [0.1, 0.15) is 58.9 Å². The van der Waals surface area contributed by atoms with Gasteiger partial charge in [-0.2, -0.15) is 0 Å². The SMILES string of the molecule is COc1ccc(C(=O)N2CCN(c3c([N+](=O)[O-])c(=O)n(C)c4ccc(C)cc34)CC2)cc1.COc1ccc(C(=O)N2CCN(c3c([N+](=O)[O-])c(=O)n(Cc4ccc(F)cc4)c4ccc(C)cc34)CC2)cc1.COc1ccc(C(=O)N2CCN(c3c([N+](=O)[O-])c(=O)n(Cc4ccccc4)c4ccc(C)cc34)CC2)cc1. The molecule has 0 atom stereocenters. The smallest absolute Gasteiger partial charge is 0.357 e. The van der Waals surface area contributed by atoms with Crippen molar-refractivity contribution >= 4 is 84.6 Å². The number of anilines is 3. The normalized spacial score (nSPS) is 13.7. The fraction of sp³-hybridized carbons (Fsp3) is 0.259. The lowest BCUT2D eigenvalue weighted by Crippen LogP contribution is -2.49. The largest absolute Gasteiger partial charge is 0.497 e. The molecule has 109 heavy (non-hydrogen) atoms. The second kappa shape index (κ2) is 32.6. The number of methoxy groups -OCH3 is 3. The molecule has 3 amide bonds. The Hall–Kier alpha value is -13.3. The number of ether oxygens (including phenoxy) is 3. The van der Waals surface area contributed by atoms with Crippen molar-refractivity contribution in [2.45, 2.75) is 33.9 Å². The predicted octanol–water partition coefficient (Wildman–Crippen LogP) is 11.3. The van der Waals surface area contributed by atoms with E-state index in [0.717, 1.165) is 22.3 Å². The van der Waals surface area contributed by atoms with Gasteiger partial charge >= 0.3 is 33.7 Å². The lowest BCUT2D eigenvalue weighted by molar-refractivity contribution is -0.385. The van der Waals surface area contributed by atoms with E-state index >= 15 is 0 Å². The van der Waals surface area contributed by atoms with Crippen LogP contribution in [0.15, 0.2) is 196 Å². The third kappa shape index (κ3) is 16.0. The maximum atomic E-state index is 13.6. The molecule has 3 aromatic heterocycles. The Morgan fingerprint density at radius 1 is 0.385 bits per heavy atom. The van der Waals surface area contributed by atoms with Crippen LogP contribution in [0.2, 0.25) is 0 Å². The van der Waals surface area contributed by atoms with Crippen molar-refractivity contribution in [3.8, 4) is 17.2 Å². The number of nitrogens with zero attached hydrogens (tertiary/aromatic N) is 12. The molecule has 0 radical (unpaired) electrons. The number of rotatable bonds is 16. The Morgan fingerprint density at radius 3 is 0.991 bits per heavy atom. The van der Waals surface area contributed by atoms with Crippen LogP contribution in [-0.2, 0) is 20.1 Å². The number of nitro groups is 3. The standard InChI is InChI=1S/C29H27FN4O5.C29H28N4O5.C23H24N4O5/c1-19-3-12-25-24(17-19)26(27(34(37)38)29(36)33(25)18-20-4-8-22(30)9-5-20)31-13-15-32(16-14-31)28(35)21-6-10-23(39-2)11-7-21;1-20-8-13-25-24(18-20)26(27(33(36)37)29(35)32(25)19-21-6-4-3-5-7-21)30-14-16-31(17-15-30)28(34)22-9-11-23(38-2)12-10-22;1-15-4-9-19-18(14-15)20(21(27(30)31)23(29)24(19)2)25-10-12-26(13-11-25)22(28)16-5-7-17(32-3)8-6-16/h3-12,17H,13-16,18H2,1-2H3;3-13,18H,14-17,19H2,1-2H3;4-9,14H,10-13H2,1-3H3. The highest BCUT2D eigenvalue weighted by Gasteiger charge is 2.37. The quantitative estimate of drug-likeness (QED) is 0.0641. The minimum Gasteiger partial charge on any atom is -0.497 e. The molecule has 8 aromatic carbocycles. The molecule has 28 heteroatoms. The van der Waals surface area contributed by atoms with E-state index in [-0.39, 0.29) is 36.5 Å². The lowest BCUT2D eigenvalue weighted by Gasteiger charge is -2.36. The number of hydrogen-bond acceptors (Lipinski definition) is 18. The number of amides is 3. The maximum absolute atomic E-state index is 13.6. The summed E-state index contributed by atoms with van der Waals surface area (Å²) >= 11 is 0. The summed E-state index contributed by atoms with van der Waals surface area (Å²) in [6, 6.07) is 52.5. The van der Waals surface area contributed by atoms with Gasteiger partial charge in [0.1, 0.15) is 40.1 Å². The van der Waals surface area contributed by atoms with Crippen molar-refractivity contribution in [3.05, 3.63) is 294 Å². The van der Waals surface area contributed by atoms with Gasteiger partial charge in [0.2, 0.25) is 0 Å². The first kappa shape index (κ1) is 75.4. The average molecular weight is 1480 g/mol. The van der Waals surface area contributed by atoms with Crippen molar-refractivity contribution < 1.29 is 47.8 Å². The van der Waals surface area contributed by atoms with E-state index in [0.29, 0.717) is 162 Å². The molecule has 14 rings (SSSR count). The number of piperazine rings is 3. The summed E-state index contributed by atoms with van der Waals surface area (Å²) in [6.07, 6.45) is 0. The Labute approximate surface area is 624 Å². The number of halogens is 1. The van der Waals surface area contributed by atoms with Gasteiger partial charge < -0.3 is 48.2 Å². The zero-order valence-corrected chi connectivity index (χ0v) is 61.1. The van der Waals surface area contributed by atoms with Gasteiger partial charge in [0.25, 0.3) is 17.7 Å². The Balaban J connectivity index is 0.000000153. The van der Waals surface area contributed by atoms with Crippen molar-refractivity contribution in [1.82, 2.24) is 28.4 Å². The number of benzene rings is 8. The van der Waals surface area contributed by atoms with Crippen molar-refractivity contribution in [2.24, 2.45) is 7.05 Å². The van der Waals surface area contributed by atoms with Gasteiger partial charge in [-0.15, -0.1) is 0 Å². The first-order chi connectivity index (χ1) is 52.4. The number of pyridine rings is 3. The van der Waals surface area contributed by atoms with E-state index in [1.165, 1.54) is 25.8 Å². The maximum Gasteiger partial charge on any atom is 0.357 e. The van der Waals surface area contributed by atoms with Crippen LogP contribution >= 0.6 is 0 Å². The first-order valence-electron chi connectivity index (χ1n) is 35.2. The fourth-order valence-electron chi connectivity index (χ4n) is 14.2. The third-order valence-corrected chi connectivity index (χ3v) is 19.9. The van der Waals surface area contributed by atoms with Crippen molar-refractivity contribution in [1.29, 1.82) is 0 Å². The number of carbonyl (C=O) groups excluding carboxylic acids is 3. The van der Waals surface area contributed by atoms with E-state index in [1.807, 2.05) is 114 Å². The highest BCUT2D eigenvalue weighted by molar-refractivity contribution is 6.01. The van der Waals surface area contributed by atoms with Gasteiger partial charge in [-0.25, -0.2) is 4.39 Å². The molecule has 3 aliphatic rings. The second-order valence-electron chi connectivity index (χ2n) is 26.7. The topological polar surface area (TPSA) is 294 Å². The zero-order chi connectivity index (χ0) is 77.5. The third-order valence-electron chi connectivity index (χ3n) is 19.9. The van der Waals surface area contributed by atoms with Gasteiger partial charge in [-0.05, 0) is 153 Å². The van der Waals surface area contributed by atoms with E-state index in [2.05, 4.69) is 0 Å². The summed E-state index contributed by atoms with van der Waals surface area (Å²) in [5.41, 5.74) is 5.28. The number of aryl methyl sites for hydroxylation is 4. The minimum absolute atomic E-state index is 0.0595. The van der Waals surface area contributed by atoms with Crippen LogP contribution in [0, 0.1) is 56.9 Å². The van der Waals surface area contributed by atoms with Crippen LogP contribution in [-0.4, -0.2) is 161 Å². The summed E-state index contributed by atoms with van der Waals surface area (Å²) in [4.78, 5) is 124. The van der Waals surface area contributed by atoms with Gasteiger partial charge in [-0.3, -0.25) is 68.2 Å². The van der Waals surface area contributed by atoms with E-state index in [4.69, 9.17) is 14.2 Å². The van der Waals surface area contributed by atoms with Crippen LogP contribution in [0.25, 0.3) is 32.7 Å². The molecular formula is C81H79FN12O15. The molecule has 0 spiro atoms. The molecule has 0 unspecified atom stereocenters. The van der Waals surface area contributed by atoms with Crippen LogP contribution in [0.5, 0.6) is 17.2 Å². The fourth-order valence-corrected chi connectivity index (χ4v) is 14.2. The van der Waals surface area contributed by atoms with Crippen molar-refractivity contribution in [2.75, 3.05) is 115 Å². The Kier molecular flexibility index (Phi) is 22.6. The first-order valence-corrected chi connectivity index (χ1v) is 35.2. The molecule has 3 saturated heterocycles. The van der Waals surface area contributed by atoms with E-state index in [9.17, 15) is 63.5 Å². The van der Waals surface area contributed by atoms with Gasteiger partial charge in [0.15, 0.2) is 0 Å². The molecule has 0 saturated carbocycles. The van der Waals surface area contributed by atoms with Crippen molar-refractivity contribution in [3.63, 3.8) is 0 Å². The Morgan fingerprint density at radius 2 is 0.679 bits per heavy atom. The molecule has 3 fully saturated rings. The summed E-state index contributed by atoms with van der Waals surface area (Å²) < 4.78 is 33.1. The summed E-state index contributed by atoms with van der Waals surface area (Å²) in [7, 11) is 6.24. The predicted molar refractivity (Wildman–Crippen MR) is 414 cm³/mol. The van der Waals surface area contributed by atoms with Gasteiger partial charge in [-0.1, -0.05) is 77.4 Å². The van der Waals surface area contributed by atoms with Gasteiger partial charge in [0.05, 0.1) is 65.7 Å². The monoisotopic (exact) mass is 1480 g/mol. The number of fused-ring (bicyclic) bond motifs is 3. The molecule has 27 nitrogen and oxygen atoms in total. The zero-order valence-electron chi connectivity index (χ0n) is 61.1. The molecule has 3 aliphatic heterocycles. The number of carbonyl (C=O) groups is 3. The number of aromatic nitrogens is 3. The summed E-state index contributed by atoms with van der Waals surface area (Å²) in [5.74, 6) is 1.24. The van der Waals surface area contributed by atoms with Crippen LogP contribution in [0.3, 0.4) is 0 Å². The highest BCUT2D eigenvalue weighted by atomic mass is 19.1. The molecule has 6 heterocycles. The number of hydrogen-bond donors (Lipinski definition) is 0. The lowest BCUT2D eigenvalue weighted by atomic mass is 10.1. The summed E-state index contributed by atoms with van der Waals surface area (Å²) in [6.45, 7) is 10.4. The summed E-state index contributed by atoms with van der Waals surface area (Å²) in [5, 5.41) is 38.4. The molecular weight excluding hydrogens is 1400 g/mol. The molecule has 0 bridgehead atoms. The van der Waals surface area contributed by atoms with Crippen LogP contribution < -0.4 is 45.6 Å². The second-order valence-corrected chi connectivity index (χ2v) is 26.7.